The van der Waals surface area contributed by atoms with E-state index in [9.17, 15) is 18.1 Å². The summed E-state index contributed by atoms with van der Waals surface area (Å²) >= 11 is 0. The van der Waals surface area contributed by atoms with Crippen LogP contribution in [0.1, 0.15) is 63.9 Å². The van der Waals surface area contributed by atoms with Gasteiger partial charge < -0.3 is 9.84 Å². The third-order valence-corrected chi connectivity index (χ3v) is 5.67. The van der Waals surface area contributed by atoms with E-state index in [1.165, 1.54) is 50.3 Å². The van der Waals surface area contributed by atoms with Gasteiger partial charge in [0.15, 0.2) is 0 Å². The molecular formula is C22H29NaO5S. The van der Waals surface area contributed by atoms with Crippen LogP contribution in [0.4, 0.5) is 0 Å². The van der Waals surface area contributed by atoms with Gasteiger partial charge in [0.2, 0.25) is 0 Å². The first-order valence-electron chi connectivity index (χ1n) is 9.96. The van der Waals surface area contributed by atoms with Crippen molar-refractivity contribution in [1.82, 2.24) is 0 Å². The van der Waals surface area contributed by atoms with Crippen LogP contribution >= 0.6 is 0 Å². The molecule has 154 valence electrons. The van der Waals surface area contributed by atoms with E-state index >= 15 is 0 Å². The molecule has 1 N–H and O–H groups in total. The third kappa shape index (κ3) is 8.69. The second-order valence-electron chi connectivity index (χ2n) is 6.99. The van der Waals surface area contributed by atoms with E-state index in [2.05, 4.69) is 6.92 Å². The van der Waals surface area contributed by atoms with Crippen LogP contribution in [0.3, 0.4) is 0 Å². The quantitative estimate of drug-likeness (QED) is 0.319. The SMILES string of the molecule is CCCCCCCCCCc1cccc(Oc2ccccc2[O-])c1S(=O)(=O)O.[Na+]. The molecular weight excluding hydrogens is 399 g/mol. The van der Waals surface area contributed by atoms with Crippen molar-refractivity contribution in [3.8, 4) is 17.2 Å². The van der Waals surface area contributed by atoms with Gasteiger partial charge in [-0.05, 0) is 30.5 Å². The van der Waals surface area contributed by atoms with Crippen molar-refractivity contribution in [3.63, 3.8) is 0 Å². The number of hydrogen-bond donors (Lipinski definition) is 1. The molecule has 7 heteroatoms. The van der Waals surface area contributed by atoms with Gasteiger partial charge >= 0.3 is 29.6 Å². The van der Waals surface area contributed by atoms with Crippen LogP contribution in [-0.4, -0.2) is 13.0 Å². The van der Waals surface area contributed by atoms with Crippen molar-refractivity contribution in [1.29, 1.82) is 0 Å². The maximum Gasteiger partial charge on any atom is 1.00 e. The van der Waals surface area contributed by atoms with Gasteiger partial charge in [-0.1, -0.05) is 88.0 Å². The normalized spacial score (nSPS) is 11.1. The fourth-order valence-electron chi connectivity index (χ4n) is 3.23. The first-order chi connectivity index (χ1) is 13.4. The van der Waals surface area contributed by atoms with Gasteiger partial charge in [0.05, 0.1) is 0 Å². The predicted octanol–water partition coefficient (Wildman–Crippen LogP) is 2.49. The van der Waals surface area contributed by atoms with Crippen LogP contribution in [0.2, 0.25) is 0 Å². The molecule has 0 aliphatic rings. The van der Waals surface area contributed by atoms with Crippen molar-refractivity contribution in [2.45, 2.75) is 69.6 Å². The van der Waals surface area contributed by atoms with Gasteiger partial charge in [-0.25, -0.2) is 0 Å². The molecule has 0 atom stereocenters. The van der Waals surface area contributed by atoms with Crippen LogP contribution in [-0.2, 0) is 16.5 Å². The van der Waals surface area contributed by atoms with Crippen molar-refractivity contribution in [3.05, 3.63) is 48.0 Å². The third-order valence-electron chi connectivity index (χ3n) is 4.69. The summed E-state index contributed by atoms with van der Waals surface area (Å²) in [6.45, 7) is 2.19. The topological polar surface area (TPSA) is 86.7 Å². The van der Waals surface area contributed by atoms with Crippen LogP contribution in [0.25, 0.3) is 0 Å². The smallest absolute Gasteiger partial charge is 0.870 e. The molecule has 0 heterocycles. The Labute approximate surface area is 196 Å². The molecule has 0 bridgehead atoms. The molecule has 2 aromatic carbocycles. The van der Waals surface area contributed by atoms with Crippen LogP contribution in [0.15, 0.2) is 47.4 Å². The predicted molar refractivity (Wildman–Crippen MR) is 109 cm³/mol. The molecule has 0 aromatic heterocycles. The summed E-state index contributed by atoms with van der Waals surface area (Å²) in [5, 5.41) is 11.9. The van der Waals surface area contributed by atoms with Crippen molar-refractivity contribution in [2.75, 3.05) is 0 Å². The van der Waals surface area contributed by atoms with Crippen molar-refractivity contribution >= 4 is 10.1 Å². The first-order valence-corrected chi connectivity index (χ1v) is 11.4. The van der Waals surface area contributed by atoms with Gasteiger partial charge in [0.1, 0.15) is 16.4 Å². The fourth-order valence-corrected chi connectivity index (χ4v) is 4.10. The minimum absolute atomic E-state index is 0. The van der Waals surface area contributed by atoms with Gasteiger partial charge in [-0.15, -0.1) is 0 Å². The number of unbranched alkanes of at least 4 members (excludes halogenated alkanes) is 7. The van der Waals surface area contributed by atoms with Gasteiger partial charge in [0.25, 0.3) is 10.1 Å². The Morgan fingerprint density at radius 1 is 0.862 bits per heavy atom. The standard InChI is InChI=1S/C22H30O5S.Na/c1-2-3-4-5-6-7-8-9-13-18-14-12-17-21(22(18)28(24,25)26)27-20-16-11-10-15-19(20)23;/h10-12,14-17,23H,2-9,13H2,1H3,(H,24,25,26);/q;+1/p-1. The summed E-state index contributed by atoms with van der Waals surface area (Å²) in [5.41, 5.74) is 0.509. The first kappa shape index (κ1) is 26.0. The maximum atomic E-state index is 12.0. The monoisotopic (exact) mass is 428 g/mol. The Morgan fingerprint density at radius 3 is 2.07 bits per heavy atom. The number of aryl methyl sites for hydroxylation is 1. The molecule has 29 heavy (non-hydrogen) atoms. The zero-order valence-corrected chi connectivity index (χ0v) is 20.2. The van der Waals surface area contributed by atoms with E-state index in [-0.39, 0.29) is 51.7 Å². The molecule has 5 nitrogen and oxygen atoms in total. The molecule has 0 aliphatic carbocycles. The Bertz CT molecular complexity index is 852. The Hall–Kier alpha value is -1.05. The number of rotatable bonds is 12. The number of ether oxygens (including phenoxy) is 1. The van der Waals surface area contributed by atoms with Crippen molar-refractivity contribution in [2.24, 2.45) is 0 Å². The second kappa shape index (κ2) is 13.3. The zero-order chi connectivity index (χ0) is 20.4. The van der Waals surface area contributed by atoms with Gasteiger partial charge in [0, 0.05) is 0 Å². The van der Waals surface area contributed by atoms with Gasteiger partial charge in [-0.3, -0.25) is 4.55 Å². The Morgan fingerprint density at radius 2 is 1.45 bits per heavy atom. The summed E-state index contributed by atoms with van der Waals surface area (Å²) < 4.78 is 39.2. The van der Waals surface area contributed by atoms with Crippen LogP contribution in [0.5, 0.6) is 17.2 Å². The van der Waals surface area contributed by atoms with E-state index in [0.717, 1.165) is 19.3 Å². The molecule has 0 fully saturated rings. The van der Waals surface area contributed by atoms with Gasteiger partial charge in [-0.2, -0.15) is 8.42 Å². The maximum absolute atomic E-state index is 12.0. The van der Waals surface area contributed by atoms with E-state index in [4.69, 9.17) is 4.74 Å². The summed E-state index contributed by atoms with van der Waals surface area (Å²) in [5.74, 6) is -0.350. The van der Waals surface area contributed by atoms with Crippen LogP contribution in [0, 0.1) is 0 Å². The Balaban J connectivity index is 0.00000420. The van der Waals surface area contributed by atoms with Crippen molar-refractivity contribution < 1.29 is 52.4 Å². The summed E-state index contributed by atoms with van der Waals surface area (Å²) in [7, 11) is -4.48. The van der Waals surface area contributed by atoms with E-state index in [1.807, 2.05) is 0 Å². The summed E-state index contributed by atoms with van der Waals surface area (Å²) in [6.07, 6.45) is 9.68. The minimum atomic E-state index is -4.48. The van der Waals surface area contributed by atoms with Crippen LogP contribution < -0.4 is 39.4 Å². The molecule has 0 aliphatic heterocycles. The molecule has 0 spiro atoms. The summed E-state index contributed by atoms with van der Waals surface area (Å²) in [4.78, 5) is -0.249. The zero-order valence-electron chi connectivity index (χ0n) is 17.4. The largest absolute Gasteiger partial charge is 1.00 e. The summed E-state index contributed by atoms with van der Waals surface area (Å²) in [6, 6.07) is 10.8. The average Bonchev–Trinajstić information content (AvgIpc) is 2.65. The van der Waals surface area contributed by atoms with E-state index in [0.29, 0.717) is 12.0 Å². The fraction of sp³-hybridized carbons (Fsp3) is 0.455. The molecule has 0 radical (unpaired) electrons. The molecule has 0 amide bonds. The molecule has 0 unspecified atom stereocenters. The number of para-hydroxylation sites is 2. The molecule has 2 aromatic rings. The van der Waals surface area contributed by atoms with E-state index in [1.54, 1.807) is 24.3 Å². The minimum Gasteiger partial charge on any atom is -0.870 e. The molecule has 0 saturated carbocycles. The molecule has 0 saturated heterocycles. The van der Waals surface area contributed by atoms with E-state index < -0.39 is 10.1 Å². The number of benzene rings is 2. The molecule has 2 rings (SSSR count). The average molecular weight is 429 g/mol. The second-order valence-corrected chi connectivity index (χ2v) is 8.35. The number of hydrogen-bond acceptors (Lipinski definition) is 4. The Kier molecular flexibility index (Phi) is 11.9.